The highest BCUT2D eigenvalue weighted by Crippen LogP contribution is 2.18. The first kappa shape index (κ1) is 57.4. The summed E-state index contributed by atoms with van der Waals surface area (Å²) in [5, 5.41) is 0. The van der Waals surface area contributed by atoms with E-state index < -0.39 is 6.10 Å². The fourth-order valence-corrected chi connectivity index (χ4v) is 7.93. The monoisotopic (exact) mass is 835 g/mol. The van der Waals surface area contributed by atoms with Gasteiger partial charge in [0.2, 0.25) is 0 Å². The standard InChI is InChI=1S/C53H102O6/c1-6-9-10-31-38-43-51(54)57-46-50(59-53(56)45-40-35-30-26-22-18-14-12-16-20-24-28-33-37-42-49(5)8-3)47-58-52(55)44-39-34-29-25-21-17-13-11-15-19-23-27-32-36-41-48(4)7-2/h48-50H,6-47H2,1-5H3/t48?,49?,50-/m1/s1. The number of carbonyl (C=O) groups excluding carboxylic acids is 3. The third kappa shape index (κ3) is 44.3. The molecule has 3 atom stereocenters. The molecule has 0 aliphatic carbocycles. The number of rotatable bonds is 47. The molecule has 0 aliphatic heterocycles. The molecule has 0 radical (unpaired) electrons. The zero-order chi connectivity index (χ0) is 43.3. The lowest BCUT2D eigenvalue weighted by Gasteiger charge is -2.18. The maximum Gasteiger partial charge on any atom is 0.306 e. The second-order valence-electron chi connectivity index (χ2n) is 18.6. The molecule has 0 aromatic heterocycles. The molecule has 0 aromatic rings. The highest BCUT2D eigenvalue weighted by Gasteiger charge is 2.19. The molecular weight excluding hydrogens is 733 g/mol. The largest absolute Gasteiger partial charge is 0.462 e. The van der Waals surface area contributed by atoms with Gasteiger partial charge in [0, 0.05) is 19.3 Å². The van der Waals surface area contributed by atoms with Crippen LogP contribution in [0.1, 0.15) is 291 Å². The van der Waals surface area contributed by atoms with E-state index in [2.05, 4.69) is 34.6 Å². The van der Waals surface area contributed by atoms with Crippen LogP contribution in [0.3, 0.4) is 0 Å². The van der Waals surface area contributed by atoms with Crippen molar-refractivity contribution in [3.63, 3.8) is 0 Å². The van der Waals surface area contributed by atoms with E-state index in [9.17, 15) is 14.4 Å². The molecule has 59 heavy (non-hydrogen) atoms. The van der Waals surface area contributed by atoms with Crippen molar-refractivity contribution < 1.29 is 28.6 Å². The summed E-state index contributed by atoms with van der Waals surface area (Å²) in [4.78, 5) is 37.7. The molecule has 0 aromatic carbocycles. The lowest BCUT2D eigenvalue weighted by Crippen LogP contribution is -2.30. The van der Waals surface area contributed by atoms with Gasteiger partial charge in [-0.25, -0.2) is 0 Å². The molecular formula is C53H102O6. The van der Waals surface area contributed by atoms with E-state index in [1.54, 1.807) is 0 Å². The highest BCUT2D eigenvalue weighted by molar-refractivity contribution is 5.71. The number of hydrogen-bond donors (Lipinski definition) is 0. The molecule has 0 saturated heterocycles. The minimum absolute atomic E-state index is 0.0645. The van der Waals surface area contributed by atoms with Crippen LogP contribution in [0.4, 0.5) is 0 Å². The van der Waals surface area contributed by atoms with Gasteiger partial charge in [-0.15, -0.1) is 0 Å². The third-order valence-electron chi connectivity index (χ3n) is 12.7. The van der Waals surface area contributed by atoms with Crippen LogP contribution in [0.5, 0.6) is 0 Å². The normalized spacial score (nSPS) is 13.0. The summed E-state index contributed by atoms with van der Waals surface area (Å²) in [6, 6.07) is 0. The minimum Gasteiger partial charge on any atom is -0.462 e. The van der Waals surface area contributed by atoms with Gasteiger partial charge >= 0.3 is 17.9 Å². The Morgan fingerprint density at radius 3 is 0.881 bits per heavy atom. The fourth-order valence-electron chi connectivity index (χ4n) is 7.93. The summed E-state index contributed by atoms with van der Waals surface area (Å²) in [6.45, 7) is 11.4. The first-order valence-electron chi connectivity index (χ1n) is 26.3. The zero-order valence-corrected chi connectivity index (χ0v) is 40.4. The van der Waals surface area contributed by atoms with Gasteiger partial charge in [-0.1, -0.05) is 253 Å². The van der Waals surface area contributed by atoms with E-state index in [1.165, 1.54) is 173 Å². The van der Waals surface area contributed by atoms with Gasteiger partial charge in [0.15, 0.2) is 6.10 Å². The SMILES string of the molecule is CCCCCCCC(=O)OC[C@H](COC(=O)CCCCCCCCCCCCCCCCC(C)CC)OC(=O)CCCCCCCCCCCCCCCCC(C)CC. The quantitative estimate of drug-likeness (QED) is 0.0345. The second kappa shape index (κ2) is 45.9. The number of esters is 3. The Hall–Kier alpha value is -1.59. The highest BCUT2D eigenvalue weighted by atomic mass is 16.6. The Kier molecular flexibility index (Phi) is 44.7. The molecule has 6 heteroatoms. The molecule has 0 saturated carbocycles. The molecule has 0 aliphatic rings. The number of unbranched alkanes of at least 4 members (excludes halogenated alkanes) is 30. The molecule has 6 nitrogen and oxygen atoms in total. The molecule has 0 N–H and O–H groups in total. The third-order valence-corrected chi connectivity index (χ3v) is 12.7. The van der Waals surface area contributed by atoms with Crippen LogP contribution in [0, 0.1) is 11.8 Å². The molecule has 0 heterocycles. The van der Waals surface area contributed by atoms with E-state index >= 15 is 0 Å². The van der Waals surface area contributed by atoms with Crippen molar-refractivity contribution in [3.05, 3.63) is 0 Å². The van der Waals surface area contributed by atoms with E-state index in [1.807, 2.05) is 0 Å². The second-order valence-corrected chi connectivity index (χ2v) is 18.6. The summed E-state index contributed by atoms with van der Waals surface area (Å²) < 4.78 is 16.7. The van der Waals surface area contributed by atoms with Crippen LogP contribution in [-0.4, -0.2) is 37.2 Å². The smallest absolute Gasteiger partial charge is 0.306 e. The van der Waals surface area contributed by atoms with E-state index in [-0.39, 0.29) is 31.1 Å². The number of hydrogen-bond acceptors (Lipinski definition) is 6. The first-order chi connectivity index (χ1) is 28.8. The molecule has 0 rings (SSSR count). The van der Waals surface area contributed by atoms with Gasteiger partial charge in [-0.05, 0) is 31.1 Å². The summed E-state index contributed by atoms with van der Waals surface area (Å²) in [5.41, 5.74) is 0. The zero-order valence-electron chi connectivity index (χ0n) is 40.4. The fraction of sp³-hybridized carbons (Fsp3) is 0.943. The summed E-state index contributed by atoms with van der Waals surface area (Å²) in [7, 11) is 0. The van der Waals surface area contributed by atoms with Crippen molar-refractivity contribution in [2.24, 2.45) is 11.8 Å². The average molecular weight is 835 g/mol. The maximum atomic E-state index is 12.7. The van der Waals surface area contributed by atoms with Crippen molar-refractivity contribution >= 4 is 17.9 Å². The lowest BCUT2D eigenvalue weighted by molar-refractivity contribution is -0.167. The van der Waals surface area contributed by atoms with Crippen LogP contribution in [-0.2, 0) is 28.6 Å². The predicted octanol–water partition coefficient (Wildman–Crippen LogP) is 16.9. The average Bonchev–Trinajstić information content (AvgIpc) is 3.23. The van der Waals surface area contributed by atoms with Crippen molar-refractivity contribution in [3.8, 4) is 0 Å². The predicted molar refractivity (Wildman–Crippen MR) is 252 cm³/mol. The molecule has 2 unspecified atom stereocenters. The van der Waals surface area contributed by atoms with E-state index in [0.717, 1.165) is 76.0 Å². The maximum absolute atomic E-state index is 12.7. The van der Waals surface area contributed by atoms with Crippen molar-refractivity contribution in [2.45, 2.75) is 298 Å². The lowest BCUT2D eigenvalue weighted by atomic mass is 9.99. The van der Waals surface area contributed by atoms with Gasteiger partial charge in [0.25, 0.3) is 0 Å². The minimum atomic E-state index is -0.760. The summed E-state index contributed by atoms with van der Waals surface area (Å²) >= 11 is 0. The van der Waals surface area contributed by atoms with Gasteiger partial charge in [-0.2, -0.15) is 0 Å². The summed E-state index contributed by atoms with van der Waals surface area (Å²) in [6.07, 6.45) is 46.8. The molecule has 0 amide bonds. The van der Waals surface area contributed by atoms with Gasteiger partial charge in [0.05, 0.1) is 0 Å². The number of ether oxygens (including phenoxy) is 3. The Balaban J connectivity index is 4.11. The van der Waals surface area contributed by atoms with Crippen LogP contribution >= 0.6 is 0 Å². The van der Waals surface area contributed by atoms with Gasteiger partial charge in [-0.3, -0.25) is 14.4 Å². The van der Waals surface area contributed by atoms with Crippen LogP contribution in [0.25, 0.3) is 0 Å². The Bertz CT molecular complexity index is 904. The topological polar surface area (TPSA) is 78.9 Å². The van der Waals surface area contributed by atoms with E-state index in [0.29, 0.717) is 19.3 Å². The van der Waals surface area contributed by atoms with Gasteiger partial charge < -0.3 is 14.2 Å². The Morgan fingerprint density at radius 1 is 0.339 bits per heavy atom. The van der Waals surface area contributed by atoms with Crippen LogP contribution in [0.2, 0.25) is 0 Å². The summed E-state index contributed by atoms with van der Waals surface area (Å²) in [5.74, 6) is 0.929. The van der Waals surface area contributed by atoms with E-state index in [4.69, 9.17) is 14.2 Å². The van der Waals surface area contributed by atoms with Crippen molar-refractivity contribution in [1.29, 1.82) is 0 Å². The van der Waals surface area contributed by atoms with Crippen molar-refractivity contribution in [1.82, 2.24) is 0 Å². The number of carbonyl (C=O) groups is 3. The molecule has 0 spiro atoms. The van der Waals surface area contributed by atoms with Crippen LogP contribution < -0.4 is 0 Å². The van der Waals surface area contributed by atoms with Gasteiger partial charge in [0.1, 0.15) is 13.2 Å². The molecule has 0 fully saturated rings. The van der Waals surface area contributed by atoms with Crippen LogP contribution in [0.15, 0.2) is 0 Å². The first-order valence-corrected chi connectivity index (χ1v) is 26.3. The Labute approximate surface area is 368 Å². The molecule has 0 bridgehead atoms. The molecule has 350 valence electrons. The Morgan fingerprint density at radius 2 is 0.593 bits per heavy atom. The van der Waals surface area contributed by atoms with Crippen molar-refractivity contribution in [2.75, 3.05) is 13.2 Å².